The number of rotatable bonds is 4. The molecule has 0 radical (unpaired) electrons. The summed E-state index contributed by atoms with van der Waals surface area (Å²) in [5.74, 6) is 0.0818. The van der Waals surface area contributed by atoms with Crippen molar-refractivity contribution in [3.63, 3.8) is 0 Å². The van der Waals surface area contributed by atoms with Gasteiger partial charge in [0.15, 0.2) is 0 Å². The van der Waals surface area contributed by atoms with Crippen LogP contribution in [0.4, 0.5) is 4.79 Å². The Labute approximate surface area is 176 Å². The van der Waals surface area contributed by atoms with Crippen LogP contribution in [0.5, 0.6) is 0 Å². The van der Waals surface area contributed by atoms with Crippen LogP contribution in [0.25, 0.3) is 11.1 Å². The fourth-order valence-corrected chi connectivity index (χ4v) is 4.87. The van der Waals surface area contributed by atoms with Gasteiger partial charge in [0.25, 0.3) is 0 Å². The Morgan fingerprint density at radius 3 is 2.23 bits per heavy atom. The van der Waals surface area contributed by atoms with Gasteiger partial charge >= 0.3 is 6.09 Å². The summed E-state index contributed by atoms with van der Waals surface area (Å²) >= 11 is 0. The molecule has 0 bridgehead atoms. The van der Waals surface area contributed by atoms with Crippen molar-refractivity contribution in [2.75, 3.05) is 26.2 Å². The summed E-state index contributed by atoms with van der Waals surface area (Å²) in [6.07, 6.45) is 5.03. The monoisotopic (exact) mass is 402 g/mol. The molecular weight excluding hydrogens is 376 g/mol. The summed E-state index contributed by atoms with van der Waals surface area (Å²) in [7, 11) is 0. The first-order valence-electron chi connectivity index (χ1n) is 10.5. The molecule has 2 aliphatic rings. The quantitative estimate of drug-likeness (QED) is 0.724. The number of nitrogens with zero attached hydrogens (tertiary/aromatic N) is 3. The molecule has 6 heteroatoms. The highest BCUT2D eigenvalue weighted by atomic mass is 16.6. The molecule has 2 N–H and O–H groups in total. The number of nitrogens with two attached hydrogens (primary N) is 1. The zero-order valence-corrected chi connectivity index (χ0v) is 16.9. The predicted molar refractivity (Wildman–Crippen MR) is 115 cm³/mol. The summed E-state index contributed by atoms with van der Waals surface area (Å²) in [6.45, 7) is 2.10. The molecule has 5 rings (SSSR count). The number of benzene rings is 2. The third-order valence-corrected chi connectivity index (χ3v) is 6.66. The van der Waals surface area contributed by atoms with Gasteiger partial charge in [-0.1, -0.05) is 48.5 Å². The molecule has 0 spiro atoms. The van der Waals surface area contributed by atoms with E-state index in [-0.39, 0.29) is 17.6 Å². The topological polar surface area (TPSA) is 73.4 Å². The maximum absolute atomic E-state index is 12.8. The normalized spacial score (nSPS) is 17.4. The lowest BCUT2D eigenvalue weighted by Crippen LogP contribution is -2.52. The van der Waals surface area contributed by atoms with Crippen molar-refractivity contribution in [1.82, 2.24) is 14.7 Å². The number of hydrogen-bond donors (Lipinski definition) is 1. The van der Waals surface area contributed by atoms with E-state index in [0.717, 1.165) is 12.8 Å². The van der Waals surface area contributed by atoms with E-state index >= 15 is 0 Å². The molecule has 154 valence electrons. The minimum absolute atomic E-state index is 0.0818. The Hall–Kier alpha value is -3.12. The first-order chi connectivity index (χ1) is 14.7. The van der Waals surface area contributed by atoms with Gasteiger partial charge in [0.05, 0.1) is 5.54 Å². The predicted octanol–water partition coefficient (Wildman–Crippen LogP) is 3.58. The number of fused-ring (bicyclic) bond motifs is 3. The van der Waals surface area contributed by atoms with Crippen molar-refractivity contribution >= 4 is 6.09 Å². The van der Waals surface area contributed by atoms with Gasteiger partial charge in [0.2, 0.25) is 0 Å². The lowest BCUT2D eigenvalue weighted by atomic mass is 9.88. The van der Waals surface area contributed by atoms with E-state index in [9.17, 15) is 4.79 Å². The number of carbonyl (C=O) groups excluding carboxylic acids is 1. The molecule has 1 fully saturated rings. The zero-order chi connectivity index (χ0) is 20.6. The number of amides is 1. The molecule has 1 amide bonds. The highest BCUT2D eigenvalue weighted by Gasteiger charge is 2.38. The number of likely N-dealkylation sites (tertiary alicyclic amines) is 1. The molecule has 2 heterocycles. The first kappa shape index (κ1) is 18.9. The van der Waals surface area contributed by atoms with Crippen molar-refractivity contribution in [3.05, 3.63) is 78.1 Å². The van der Waals surface area contributed by atoms with Crippen LogP contribution in [0.2, 0.25) is 0 Å². The average Bonchev–Trinajstić information content (AvgIpc) is 3.45. The molecule has 1 aliphatic carbocycles. The van der Waals surface area contributed by atoms with Crippen LogP contribution in [0.3, 0.4) is 0 Å². The standard InChI is InChI=1S/C24H26N4O2/c25-17-24(28-13-5-12-26-28)10-14-27(15-11-24)23(29)30-16-22-20-8-3-1-6-18(20)19-7-2-4-9-21(19)22/h1-9,12-13,22H,10-11,14-17,25H2. The molecular formula is C24H26N4O2. The van der Waals surface area contributed by atoms with Crippen LogP contribution in [0.1, 0.15) is 29.9 Å². The lowest BCUT2D eigenvalue weighted by molar-refractivity contribution is 0.0651. The number of piperidine rings is 1. The maximum Gasteiger partial charge on any atom is 0.409 e. The Morgan fingerprint density at radius 2 is 1.67 bits per heavy atom. The van der Waals surface area contributed by atoms with E-state index in [1.54, 1.807) is 11.1 Å². The number of aromatic nitrogens is 2. The Bertz CT molecular complexity index is 993. The van der Waals surface area contributed by atoms with Crippen LogP contribution in [0.15, 0.2) is 67.0 Å². The molecule has 1 saturated heterocycles. The van der Waals surface area contributed by atoms with Crippen molar-refractivity contribution in [2.24, 2.45) is 5.73 Å². The lowest BCUT2D eigenvalue weighted by Gasteiger charge is -2.40. The highest BCUT2D eigenvalue weighted by molar-refractivity contribution is 5.79. The molecule has 6 nitrogen and oxygen atoms in total. The van der Waals surface area contributed by atoms with E-state index in [0.29, 0.717) is 26.2 Å². The van der Waals surface area contributed by atoms with Gasteiger partial charge in [0.1, 0.15) is 6.61 Å². The Balaban J connectivity index is 1.25. The van der Waals surface area contributed by atoms with Crippen LogP contribution in [-0.2, 0) is 10.3 Å². The fourth-order valence-electron chi connectivity index (χ4n) is 4.87. The van der Waals surface area contributed by atoms with E-state index in [1.165, 1.54) is 22.3 Å². The molecule has 0 saturated carbocycles. The third-order valence-electron chi connectivity index (χ3n) is 6.66. The smallest absolute Gasteiger partial charge is 0.409 e. The molecule has 3 aromatic rings. The van der Waals surface area contributed by atoms with Gasteiger partial charge < -0.3 is 15.4 Å². The van der Waals surface area contributed by atoms with Crippen molar-refractivity contribution in [3.8, 4) is 11.1 Å². The van der Waals surface area contributed by atoms with Crippen molar-refractivity contribution in [2.45, 2.75) is 24.3 Å². The van der Waals surface area contributed by atoms with E-state index in [2.05, 4.69) is 41.5 Å². The zero-order valence-electron chi connectivity index (χ0n) is 16.9. The third kappa shape index (κ3) is 3.08. The van der Waals surface area contributed by atoms with E-state index < -0.39 is 0 Å². The van der Waals surface area contributed by atoms with E-state index in [4.69, 9.17) is 10.5 Å². The second-order valence-corrected chi connectivity index (χ2v) is 8.17. The minimum Gasteiger partial charge on any atom is -0.448 e. The summed E-state index contributed by atoms with van der Waals surface area (Å²) < 4.78 is 7.75. The number of ether oxygens (including phenoxy) is 1. The second kappa shape index (κ2) is 7.61. The Kier molecular flexibility index (Phi) is 4.79. The molecule has 1 aromatic heterocycles. The molecule has 0 atom stereocenters. The Morgan fingerprint density at radius 1 is 1.03 bits per heavy atom. The number of hydrogen-bond acceptors (Lipinski definition) is 4. The SMILES string of the molecule is NCC1(n2cccn2)CCN(C(=O)OCC2c3ccccc3-c3ccccc32)CC1. The highest BCUT2D eigenvalue weighted by Crippen LogP contribution is 2.44. The molecule has 0 unspecified atom stereocenters. The summed E-state index contributed by atoms with van der Waals surface area (Å²) in [5.41, 5.74) is 10.8. The van der Waals surface area contributed by atoms with Crippen molar-refractivity contribution in [1.29, 1.82) is 0 Å². The summed E-state index contributed by atoms with van der Waals surface area (Å²) in [4.78, 5) is 14.6. The van der Waals surface area contributed by atoms with Gasteiger partial charge in [-0.25, -0.2) is 4.79 Å². The van der Waals surface area contributed by atoms with Gasteiger partial charge in [-0.15, -0.1) is 0 Å². The second-order valence-electron chi connectivity index (χ2n) is 8.17. The minimum atomic E-state index is -0.247. The maximum atomic E-state index is 12.8. The number of carbonyl (C=O) groups is 1. The van der Waals surface area contributed by atoms with Crippen LogP contribution < -0.4 is 5.73 Å². The largest absolute Gasteiger partial charge is 0.448 e. The molecule has 2 aromatic carbocycles. The van der Waals surface area contributed by atoms with Crippen molar-refractivity contribution < 1.29 is 9.53 Å². The van der Waals surface area contributed by atoms with Crippen LogP contribution >= 0.6 is 0 Å². The molecule has 1 aliphatic heterocycles. The van der Waals surface area contributed by atoms with Gasteiger partial charge in [-0.05, 0) is 41.2 Å². The van der Waals surface area contributed by atoms with Gasteiger partial charge in [-0.2, -0.15) is 5.10 Å². The van der Waals surface area contributed by atoms with Crippen LogP contribution in [0, 0.1) is 0 Å². The van der Waals surface area contributed by atoms with E-state index in [1.807, 2.05) is 29.1 Å². The van der Waals surface area contributed by atoms with Gasteiger partial charge in [-0.3, -0.25) is 4.68 Å². The van der Waals surface area contributed by atoms with Gasteiger partial charge in [0, 0.05) is 37.9 Å². The summed E-state index contributed by atoms with van der Waals surface area (Å²) in [5, 5.41) is 4.39. The fraction of sp³-hybridized carbons (Fsp3) is 0.333. The molecule has 30 heavy (non-hydrogen) atoms. The average molecular weight is 402 g/mol. The summed E-state index contributed by atoms with van der Waals surface area (Å²) in [6, 6.07) is 18.7. The van der Waals surface area contributed by atoms with Crippen LogP contribution in [-0.4, -0.2) is 47.0 Å². The first-order valence-corrected chi connectivity index (χ1v) is 10.5.